The minimum atomic E-state index is -0.454. The molecule has 0 N–H and O–H groups in total. The summed E-state index contributed by atoms with van der Waals surface area (Å²) in [6.45, 7) is 0.192. The van der Waals surface area contributed by atoms with Crippen LogP contribution < -0.4 is 9.47 Å². The molecule has 1 rings (SSSR count). The molecule has 7 heteroatoms. The van der Waals surface area contributed by atoms with Crippen molar-refractivity contribution in [3.63, 3.8) is 0 Å². The van der Waals surface area contributed by atoms with Crippen molar-refractivity contribution < 1.29 is 23.8 Å². The third-order valence-corrected chi connectivity index (χ3v) is 3.49. The minimum Gasteiger partial charge on any atom is -0.497 e. The Morgan fingerprint density at radius 2 is 1.68 bits per heavy atom. The Hall–Kier alpha value is -1.89. The maximum absolute atomic E-state index is 12.1. The number of thioether (sulfide) groups is 1. The van der Waals surface area contributed by atoms with Crippen molar-refractivity contribution in [3.8, 4) is 11.5 Å². The fourth-order valence-electron chi connectivity index (χ4n) is 1.85. The summed E-state index contributed by atoms with van der Waals surface area (Å²) < 4.78 is 15.1. The number of hydrogen-bond donors (Lipinski definition) is 0. The Balaban J connectivity index is 2.96. The second kappa shape index (κ2) is 9.19. The van der Waals surface area contributed by atoms with Crippen LogP contribution in [0.25, 0.3) is 0 Å². The molecule has 0 aliphatic rings. The van der Waals surface area contributed by atoms with Gasteiger partial charge in [-0.2, -0.15) is 11.8 Å². The highest BCUT2D eigenvalue weighted by atomic mass is 32.2. The first kappa shape index (κ1) is 18.2. The van der Waals surface area contributed by atoms with Gasteiger partial charge in [0, 0.05) is 12.6 Å². The molecule has 1 aromatic rings. The van der Waals surface area contributed by atoms with Crippen LogP contribution in [0.15, 0.2) is 18.2 Å². The van der Waals surface area contributed by atoms with Gasteiger partial charge in [0.05, 0.1) is 27.1 Å². The van der Waals surface area contributed by atoms with Gasteiger partial charge in [-0.25, -0.2) is 0 Å². The number of methoxy groups -OCH3 is 3. The molecule has 122 valence electrons. The lowest BCUT2D eigenvalue weighted by Crippen LogP contribution is -2.36. The number of hydrogen-bond acceptors (Lipinski definition) is 6. The van der Waals surface area contributed by atoms with E-state index < -0.39 is 5.97 Å². The van der Waals surface area contributed by atoms with E-state index in [0.29, 0.717) is 17.3 Å². The van der Waals surface area contributed by atoms with E-state index in [0.717, 1.165) is 5.56 Å². The van der Waals surface area contributed by atoms with E-state index >= 15 is 0 Å². The summed E-state index contributed by atoms with van der Waals surface area (Å²) in [5.41, 5.74) is 0.814. The monoisotopic (exact) mass is 327 g/mol. The topological polar surface area (TPSA) is 65.1 Å². The van der Waals surface area contributed by atoms with Gasteiger partial charge in [-0.05, 0) is 24.0 Å². The maximum Gasteiger partial charge on any atom is 0.325 e. The SMILES string of the molecule is COC(=O)CN(Cc1cc(OC)cc(OC)c1)C(=O)CSC. The Bertz CT molecular complexity index is 498. The molecule has 0 unspecified atom stereocenters. The zero-order valence-corrected chi connectivity index (χ0v) is 14.1. The standard InChI is InChI=1S/C15H21NO5S/c1-19-12-5-11(6-13(7-12)20-2)8-16(9-15(18)21-3)14(17)10-22-4/h5-7H,8-10H2,1-4H3. The summed E-state index contributed by atoms with van der Waals surface area (Å²) in [7, 11) is 4.42. The number of ether oxygens (including phenoxy) is 3. The van der Waals surface area contributed by atoms with Crippen molar-refractivity contribution >= 4 is 23.6 Å². The molecule has 0 atom stereocenters. The molecule has 1 amide bonds. The Labute approximate surface area is 134 Å². The highest BCUT2D eigenvalue weighted by molar-refractivity contribution is 7.99. The Morgan fingerprint density at radius 3 is 2.14 bits per heavy atom. The lowest BCUT2D eigenvalue weighted by Gasteiger charge is -2.22. The lowest BCUT2D eigenvalue weighted by molar-refractivity contribution is -0.146. The first-order valence-electron chi connectivity index (χ1n) is 6.59. The summed E-state index contributed by atoms with van der Waals surface area (Å²) in [4.78, 5) is 25.1. The number of nitrogens with zero attached hydrogens (tertiary/aromatic N) is 1. The summed E-state index contributed by atoms with van der Waals surface area (Å²) in [5.74, 6) is 0.983. The summed E-state index contributed by atoms with van der Waals surface area (Å²) in [6.07, 6.45) is 1.84. The van der Waals surface area contributed by atoms with Crippen molar-refractivity contribution in [1.29, 1.82) is 0 Å². The van der Waals surface area contributed by atoms with Gasteiger partial charge in [-0.3, -0.25) is 9.59 Å². The second-order valence-electron chi connectivity index (χ2n) is 4.48. The van der Waals surface area contributed by atoms with Crippen LogP contribution >= 0.6 is 11.8 Å². The second-order valence-corrected chi connectivity index (χ2v) is 5.35. The molecular weight excluding hydrogens is 306 g/mol. The smallest absolute Gasteiger partial charge is 0.325 e. The molecule has 0 heterocycles. The van der Waals surface area contributed by atoms with Gasteiger partial charge in [-0.15, -0.1) is 0 Å². The van der Waals surface area contributed by atoms with Crippen molar-refractivity contribution in [3.05, 3.63) is 23.8 Å². The average Bonchev–Trinajstić information content (AvgIpc) is 2.53. The van der Waals surface area contributed by atoms with Gasteiger partial charge >= 0.3 is 5.97 Å². The van der Waals surface area contributed by atoms with E-state index in [-0.39, 0.29) is 19.0 Å². The van der Waals surface area contributed by atoms with Gasteiger partial charge in [-0.1, -0.05) is 0 Å². The quantitative estimate of drug-likeness (QED) is 0.675. The van der Waals surface area contributed by atoms with Gasteiger partial charge in [0.2, 0.25) is 5.91 Å². The summed E-state index contributed by atoms with van der Waals surface area (Å²) in [5, 5.41) is 0. The number of rotatable bonds is 8. The third-order valence-electron chi connectivity index (χ3n) is 2.95. The van der Waals surface area contributed by atoms with Crippen molar-refractivity contribution in [2.45, 2.75) is 6.54 Å². The van der Waals surface area contributed by atoms with Crippen LogP contribution in [-0.4, -0.2) is 56.7 Å². The van der Waals surface area contributed by atoms with E-state index in [9.17, 15) is 9.59 Å². The van der Waals surface area contributed by atoms with Gasteiger partial charge < -0.3 is 19.1 Å². The fourth-order valence-corrected chi connectivity index (χ4v) is 2.27. The van der Waals surface area contributed by atoms with Crippen LogP contribution in [0.4, 0.5) is 0 Å². The molecule has 0 bridgehead atoms. The van der Waals surface area contributed by atoms with Crippen molar-refractivity contribution in [1.82, 2.24) is 4.90 Å². The highest BCUT2D eigenvalue weighted by Crippen LogP contribution is 2.23. The number of carbonyl (C=O) groups excluding carboxylic acids is 2. The van der Waals surface area contributed by atoms with E-state index in [1.54, 1.807) is 32.4 Å². The lowest BCUT2D eigenvalue weighted by atomic mass is 10.2. The summed E-state index contributed by atoms with van der Waals surface area (Å²) in [6, 6.07) is 5.36. The van der Waals surface area contributed by atoms with Crippen LogP contribution in [0.2, 0.25) is 0 Å². The summed E-state index contributed by atoms with van der Waals surface area (Å²) >= 11 is 1.41. The average molecular weight is 327 g/mol. The van der Waals surface area contributed by atoms with Crippen molar-refractivity contribution in [2.24, 2.45) is 0 Å². The Morgan fingerprint density at radius 1 is 1.09 bits per heavy atom. The zero-order valence-electron chi connectivity index (χ0n) is 13.3. The number of esters is 1. The molecule has 0 aliphatic carbocycles. The molecule has 0 saturated carbocycles. The van der Waals surface area contributed by atoms with Crippen LogP contribution in [0.5, 0.6) is 11.5 Å². The predicted octanol–water partition coefficient (Wildman–Crippen LogP) is 1.57. The van der Waals surface area contributed by atoms with Crippen LogP contribution in [-0.2, 0) is 20.9 Å². The molecule has 0 aliphatic heterocycles. The van der Waals surface area contributed by atoms with Crippen LogP contribution in [0, 0.1) is 0 Å². The van der Waals surface area contributed by atoms with E-state index in [4.69, 9.17) is 9.47 Å². The molecule has 0 fully saturated rings. The normalized spacial score (nSPS) is 10.0. The molecule has 6 nitrogen and oxygen atoms in total. The predicted molar refractivity (Wildman–Crippen MR) is 85.4 cm³/mol. The maximum atomic E-state index is 12.1. The van der Waals surface area contributed by atoms with Crippen LogP contribution in [0.1, 0.15) is 5.56 Å². The molecule has 0 aromatic heterocycles. The van der Waals surface area contributed by atoms with Gasteiger partial charge in [0.1, 0.15) is 18.0 Å². The molecule has 22 heavy (non-hydrogen) atoms. The molecule has 0 radical (unpaired) electrons. The number of carbonyl (C=O) groups is 2. The minimum absolute atomic E-state index is 0.0879. The van der Waals surface area contributed by atoms with E-state index in [1.807, 2.05) is 6.26 Å². The number of benzene rings is 1. The molecule has 0 saturated heterocycles. The fraction of sp³-hybridized carbons (Fsp3) is 0.467. The van der Waals surface area contributed by atoms with Gasteiger partial charge in [0.15, 0.2) is 0 Å². The van der Waals surface area contributed by atoms with E-state index in [1.165, 1.54) is 23.8 Å². The molecular formula is C15H21NO5S. The molecule has 1 aromatic carbocycles. The van der Waals surface area contributed by atoms with E-state index in [2.05, 4.69) is 4.74 Å². The first-order valence-corrected chi connectivity index (χ1v) is 7.98. The highest BCUT2D eigenvalue weighted by Gasteiger charge is 2.18. The zero-order chi connectivity index (χ0) is 16.5. The van der Waals surface area contributed by atoms with Crippen molar-refractivity contribution in [2.75, 3.05) is 39.9 Å². The number of amides is 1. The van der Waals surface area contributed by atoms with Gasteiger partial charge in [0.25, 0.3) is 0 Å². The third kappa shape index (κ3) is 5.48. The van der Waals surface area contributed by atoms with Crippen LogP contribution in [0.3, 0.4) is 0 Å². The Kier molecular flexibility index (Phi) is 7.59. The molecule has 0 spiro atoms. The first-order chi connectivity index (χ1) is 10.5. The largest absolute Gasteiger partial charge is 0.497 e.